The molecular weight excluding hydrogens is 362 g/mol. The Morgan fingerprint density at radius 1 is 1.21 bits per heavy atom. The summed E-state index contributed by atoms with van der Waals surface area (Å²) in [5.41, 5.74) is 3.06. The molecular formula is C25H31NO3. The highest BCUT2D eigenvalue weighted by molar-refractivity contribution is 5.63. The summed E-state index contributed by atoms with van der Waals surface area (Å²) in [6, 6.07) is 4.73. The molecule has 4 saturated carbocycles. The molecule has 0 aromatic heterocycles. The van der Waals surface area contributed by atoms with E-state index in [4.69, 9.17) is 9.47 Å². The number of rotatable bonds is 2. The van der Waals surface area contributed by atoms with Crippen molar-refractivity contribution in [2.45, 2.75) is 75.0 Å². The number of ether oxygens (including phenoxy) is 2. The monoisotopic (exact) mass is 393 g/mol. The van der Waals surface area contributed by atoms with Gasteiger partial charge in [-0.15, -0.1) is 0 Å². The van der Waals surface area contributed by atoms with Crippen molar-refractivity contribution in [2.24, 2.45) is 23.2 Å². The van der Waals surface area contributed by atoms with Gasteiger partial charge in [-0.2, -0.15) is 0 Å². The maximum atomic E-state index is 10.8. The van der Waals surface area contributed by atoms with E-state index in [9.17, 15) is 5.11 Å². The summed E-state index contributed by atoms with van der Waals surface area (Å²) < 4.78 is 13.5. The van der Waals surface area contributed by atoms with Crippen molar-refractivity contribution in [3.63, 3.8) is 0 Å². The van der Waals surface area contributed by atoms with E-state index in [-0.39, 0.29) is 17.1 Å². The Bertz CT molecular complexity index is 942. The largest absolute Gasteiger partial charge is 0.504 e. The van der Waals surface area contributed by atoms with Gasteiger partial charge in [0.25, 0.3) is 0 Å². The zero-order chi connectivity index (χ0) is 19.2. The number of likely N-dealkylation sites (tertiary alicyclic amines) is 1. The predicted octanol–water partition coefficient (Wildman–Crippen LogP) is 3.64. The standard InChI is InChI=1S/C25H31NO3/c1-14-13-28-25-7-6-23(11-17(14)25)19-10-16-4-5-18(27)21-20(16)24(23,22(25)29-21)8-9-26(19)12-15-2-3-15/h4-5,14-15,17,19,22,27H,2-3,6-13H2,1H3/t14-,17-,19-,22-,23-,24+,25-/m1/s1. The average molecular weight is 394 g/mol. The van der Waals surface area contributed by atoms with Crippen molar-refractivity contribution in [1.82, 2.24) is 4.90 Å². The van der Waals surface area contributed by atoms with Gasteiger partial charge in [0, 0.05) is 29.0 Å². The van der Waals surface area contributed by atoms with Crippen LogP contribution in [0, 0.1) is 23.2 Å². The fourth-order valence-corrected chi connectivity index (χ4v) is 9.42. The Kier molecular flexibility index (Phi) is 2.72. The predicted molar refractivity (Wildman–Crippen MR) is 108 cm³/mol. The van der Waals surface area contributed by atoms with Crippen LogP contribution in [-0.2, 0) is 16.6 Å². The molecule has 9 rings (SSSR count). The van der Waals surface area contributed by atoms with Crippen molar-refractivity contribution in [2.75, 3.05) is 19.7 Å². The van der Waals surface area contributed by atoms with Crippen LogP contribution in [0.4, 0.5) is 0 Å². The van der Waals surface area contributed by atoms with Crippen molar-refractivity contribution in [1.29, 1.82) is 0 Å². The maximum Gasteiger partial charge on any atom is 0.165 e. The molecule has 4 bridgehead atoms. The third-order valence-electron chi connectivity index (χ3n) is 10.6. The highest BCUT2D eigenvalue weighted by atomic mass is 16.6. The summed E-state index contributed by atoms with van der Waals surface area (Å²) in [6.45, 7) is 5.76. The molecule has 1 aromatic rings. The number of phenols is 1. The molecule has 0 unspecified atom stereocenters. The Hall–Kier alpha value is -1.26. The second kappa shape index (κ2) is 4.80. The van der Waals surface area contributed by atoms with Crippen LogP contribution in [0.25, 0.3) is 0 Å². The van der Waals surface area contributed by atoms with Crippen LogP contribution in [0.15, 0.2) is 12.1 Å². The molecule has 7 atom stereocenters. The smallest absolute Gasteiger partial charge is 0.165 e. The van der Waals surface area contributed by atoms with Crippen LogP contribution in [0.5, 0.6) is 11.5 Å². The minimum absolute atomic E-state index is 0.0538. The number of fused-ring (bicyclic) bond motifs is 1. The number of hydrogen-bond donors (Lipinski definition) is 1. The number of nitrogens with zero attached hydrogens (tertiary/aromatic N) is 1. The van der Waals surface area contributed by atoms with E-state index in [0.717, 1.165) is 31.1 Å². The number of hydrogen-bond acceptors (Lipinski definition) is 4. The Morgan fingerprint density at radius 3 is 2.97 bits per heavy atom. The van der Waals surface area contributed by atoms with E-state index in [1.807, 2.05) is 6.07 Å². The van der Waals surface area contributed by atoms with Gasteiger partial charge in [-0.3, -0.25) is 4.90 Å². The van der Waals surface area contributed by atoms with Crippen molar-refractivity contribution < 1.29 is 14.6 Å². The van der Waals surface area contributed by atoms with Gasteiger partial charge in [0.15, 0.2) is 11.5 Å². The lowest BCUT2D eigenvalue weighted by molar-refractivity contribution is -0.260. The summed E-state index contributed by atoms with van der Waals surface area (Å²) in [5.74, 6) is 3.32. The molecule has 3 heterocycles. The second-order valence-electron chi connectivity index (χ2n) is 11.5. The van der Waals surface area contributed by atoms with Gasteiger partial charge in [0.1, 0.15) is 11.7 Å². The number of aromatic hydroxyl groups is 1. The Labute approximate surface area is 172 Å². The molecule has 1 aromatic carbocycles. The highest BCUT2D eigenvalue weighted by Crippen LogP contribution is 2.78. The quantitative estimate of drug-likeness (QED) is 0.833. The number of benzene rings is 1. The van der Waals surface area contributed by atoms with Crippen LogP contribution in [0.1, 0.15) is 56.6 Å². The SMILES string of the molecule is C[C@@H]1CO[C@]23CC[C@@]4(C[C@H]12)[C@H]1Cc2ccc(O)c5c2[C@@]4(CCN1CC1CC1)[C@H]3O5. The molecule has 154 valence electrons. The van der Waals surface area contributed by atoms with Crippen LogP contribution in [-0.4, -0.2) is 47.4 Å². The first-order chi connectivity index (χ1) is 14.1. The summed E-state index contributed by atoms with van der Waals surface area (Å²) in [4.78, 5) is 2.90. The molecule has 8 aliphatic rings. The lowest BCUT2D eigenvalue weighted by atomic mass is 9.34. The van der Waals surface area contributed by atoms with Crippen LogP contribution in [0.3, 0.4) is 0 Å². The van der Waals surface area contributed by atoms with E-state index in [0.29, 0.717) is 29.0 Å². The zero-order valence-electron chi connectivity index (χ0n) is 17.3. The van der Waals surface area contributed by atoms with Gasteiger partial charge in [0.05, 0.1) is 6.61 Å². The lowest BCUT2D eigenvalue weighted by Crippen LogP contribution is -2.80. The fraction of sp³-hybridized carbons (Fsp3) is 0.760. The van der Waals surface area contributed by atoms with Crippen LogP contribution < -0.4 is 4.74 Å². The van der Waals surface area contributed by atoms with Gasteiger partial charge in [0.2, 0.25) is 0 Å². The highest BCUT2D eigenvalue weighted by Gasteiger charge is 2.82. The van der Waals surface area contributed by atoms with Gasteiger partial charge in [-0.05, 0) is 80.9 Å². The molecule has 0 amide bonds. The number of piperidine rings is 1. The van der Waals surface area contributed by atoms with Gasteiger partial charge in [-0.1, -0.05) is 13.0 Å². The molecule has 6 fully saturated rings. The third kappa shape index (κ3) is 1.58. The molecule has 2 saturated heterocycles. The van der Waals surface area contributed by atoms with Gasteiger partial charge >= 0.3 is 0 Å². The Morgan fingerprint density at radius 2 is 2.10 bits per heavy atom. The molecule has 4 nitrogen and oxygen atoms in total. The van der Waals surface area contributed by atoms with E-state index in [2.05, 4.69) is 17.9 Å². The zero-order valence-corrected chi connectivity index (χ0v) is 17.3. The van der Waals surface area contributed by atoms with Crippen molar-refractivity contribution >= 4 is 0 Å². The van der Waals surface area contributed by atoms with Crippen LogP contribution >= 0.6 is 0 Å². The lowest BCUT2D eigenvalue weighted by Gasteiger charge is -2.73. The molecule has 3 spiro atoms. The first-order valence-corrected chi connectivity index (χ1v) is 12.0. The Balaban J connectivity index is 1.40. The maximum absolute atomic E-state index is 10.8. The molecule has 5 aliphatic carbocycles. The molecule has 0 radical (unpaired) electrons. The molecule has 29 heavy (non-hydrogen) atoms. The summed E-state index contributed by atoms with van der Waals surface area (Å²) in [6.07, 6.45) is 8.99. The third-order valence-corrected chi connectivity index (χ3v) is 10.6. The van der Waals surface area contributed by atoms with E-state index in [1.165, 1.54) is 56.3 Å². The number of phenolic OH excluding ortho intramolecular Hbond substituents is 1. The first-order valence-electron chi connectivity index (χ1n) is 12.0. The topological polar surface area (TPSA) is 41.9 Å². The minimum Gasteiger partial charge on any atom is -0.504 e. The van der Waals surface area contributed by atoms with E-state index >= 15 is 0 Å². The normalized spacial score (nSPS) is 50.9. The van der Waals surface area contributed by atoms with Crippen LogP contribution in [0.2, 0.25) is 0 Å². The van der Waals surface area contributed by atoms with E-state index in [1.54, 1.807) is 0 Å². The summed E-state index contributed by atoms with van der Waals surface area (Å²) in [5, 5.41) is 10.8. The van der Waals surface area contributed by atoms with Gasteiger partial charge in [-0.25, -0.2) is 0 Å². The first kappa shape index (κ1) is 16.4. The summed E-state index contributed by atoms with van der Waals surface area (Å²) >= 11 is 0. The second-order valence-corrected chi connectivity index (χ2v) is 11.5. The van der Waals surface area contributed by atoms with Crippen molar-refractivity contribution in [3.8, 4) is 11.5 Å². The fourth-order valence-electron chi connectivity index (χ4n) is 9.42. The molecule has 3 aliphatic heterocycles. The van der Waals surface area contributed by atoms with Crippen molar-refractivity contribution in [3.05, 3.63) is 23.3 Å². The van der Waals surface area contributed by atoms with E-state index < -0.39 is 0 Å². The molecule has 1 N–H and O–H groups in total. The minimum atomic E-state index is -0.134. The molecule has 4 heteroatoms. The average Bonchev–Trinajstić information content (AvgIpc) is 3.37. The summed E-state index contributed by atoms with van der Waals surface area (Å²) in [7, 11) is 0. The van der Waals surface area contributed by atoms with Gasteiger partial charge < -0.3 is 14.6 Å².